The zero-order valence-electron chi connectivity index (χ0n) is 11.1. The first-order chi connectivity index (χ1) is 9.95. The van der Waals surface area contributed by atoms with Crippen molar-refractivity contribution in [3.63, 3.8) is 0 Å². The molecule has 1 atom stereocenters. The van der Waals surface area contributed by atoms with E-state index in [1.165, 1.54) is 12.1 Å². The zero-order chi connectivity index (χ0) is 15.4. The fraction of sp³-hybridized carbons (Fsp3) is 0.286. The van der Waals surface area contributed by atoms with E-state index in [9.17, 15) is 8.78 Å². The van der Waals surface area contributed by atoms with Crippen molar-refractivity contribution in [1.29, 1.82) is 0 Å². The van der Waals surface area contributed by atoms with Crippen molar-refractivity contribution >= 4 is 28.9 Å². The van der Waals surface area contributed by atoms with E-state index < -0.39 is 6.61 Å². The normalized spacial score (nSPS) is 12.5. The Morgan fingerprint density at radius 3 is 2.48 bits per heavy atom. The average molecular weight is 336 g/mol. The van der Waals surface area contributed by atoms with Gasteiger partial charge in [-0.1, -0.05) is 23.2 Å². The van der Waals surface area contributed by atoms with Gasteiger partial charge < -0.3 is 14.5 Å². The summed E-state index contributed by atoms with van der Waals surface area (Å²) in [6.45, 7) is -1.02. The van der Waals surface area contributed by atoms with Crippen LogP contribution in [0.3, 0.4) is 0 Å². The quantitative estimate of drug-likeness (QED) is 0.784. The van der Waals surface area contributed by atoms with E-state index in [1.54, 1.807) is 6.26 Å². The Balaban J connectivity index is 2.07. The Labute approximate surface area is 130 Å². The zero-order valence-corrected chi connectivity index (χ0v) is 12.6. The molecule has 0 fully saturated rings. The summed E-state index contributed by atoms with van der Waals surface area (Å²) in [7, 11) is 0. The van der Waals surface area contributed by atoms with Gasteiger partial charge in [0.2, 0.25) is 0 Å². The minimum absolute atomic E-state index is 0.0236. The van der Waals surface area contributed by atoms with Gasteiger partial charge in [-0.15, -0.1) is 0 Å². The van der Waals surface area contributed by atoms with Crippen LogP contribution < -0.4 is 10.1 Å². The molecule has 1 aromatic heterocycles. The molecule has 0 bridgehead atoms. The molecule has 0 aliphatic carbocycles. The molecule has 0 saturated carbocycles. The van der Waals surface area contributed by atoms with Gasteiger partial charge >= 0.3 is 6.61 Å². The number of alkyl halides is 2. The largest absolute Gasteiger partial charge is 0.469 e. The second-order valence-corrected chi connectivity index (χ2v) is 5.29. The number of hydrogen-bond acceptors (Lipinski definition) is 3. The standard InChI is InChI=1S/C14H13Cl2F2NO2/c1-8(5-10-3-2-4-20-10)19-9-6-11(15)13(12(16)7-9)21-14(17)18/h2-4,6-8,14,19H,5H2,1H3. The van der Waals surface area contributed by atoms with Crippen molar-refractivity contribution in [1.82, 2.24) is 0 Å². The van der Waals surface area contributed by atoms with Crippen molar-refractivity contribution in [3.8, 4) is 5.75 Å². The first kappa shape index (κ1) is 15.9. The summed E-state index contributed by atoms with van der Waals surface area (Å²) >= 11 is 11.8. The van der Waals surface area contributed by atoms with E-state index in [0.29, 0.717) is 12.1 Å². The molecular weight excluding hydrogens is 323 g/mol. The molecule has 0 aliphatic heterocycles. The molecule has 114 valence electrons. The monoisotopic (exact) mass is 335 g/mol. The molecule has 2 rings (SSSR count). The van der Waals surface area contributed by atoms with Crippen LogP contribution in [0.1, 0.15) is 12.7 Å². The summed E-state index contributed by atoms with van der Waals surface area (Å²) < 4.78 is 34.0. The molecular formula is C14H13Cl2F2NO2. The first-order valence-corrected chi connectivity index (χ1v) is 6.94. The fourth-order valence-corrected chi connectivity index (χ4v) is 2.49. The molecule has 7 heteroatoms. The van der Waals surface area contributed by atoms with Crippen molar-refractivity contribution in [2.45, 2.75) is 26.0 Å². The van der Waals surface area contributed by atoms with E-state index in [1.807, 2.05) is 19.1 Å². The fourth-order valence-electron chi connectivity index (χ4n) is 1.91. The number of furan rings is 1. The van der Waals surface area contributed by atoms with Crippen LogP contribution in [-0.4, -0.2) is 12.7 Å². The lowest BCUT2D eigenvalue weighted by Gasteiger charge is -2.16. The number of rotatable bonds is 6. The van der Waals surface area contributed by atoms with Crippen molar-refractivity contribution in [3.05, 3.63) is 46.3 Å². The minimum atomic E-state index is -2.98. The predicted octanol–water partition coefficient (Wildman–Crippen LogP) is 5.23. The summed E-state index contributed by atoms with van der Waals surface area (Å²) in [5.74, 6) is 0.613. The van der Waals surface area contributed by atoms with Gasteiger partial charge in [-0.25, -0.2) is 0 Å². The van der Waals surface area contributed by atoms with E-state index in [4.69, 9.17) is 27.6 Å². The molecule has 0 radical (unpaired) electrons. The Kier molecular flexibility index (Phi) is 5.31. The van der Waals surface area contributed by atoms with Crippen LogP contribution in [0, 0.1) is 0 Å². The Morgan fingerprint density at radius 1 is 1.29 bits per heavy atom. The average Bonchev–Trinajstić information content (AvgIpc) is 2.86. The SMILES string of the molecule is CC(Cc1ccco1)Nc1cc(Cl)c(OC(F)F)c(Cl)c1. The lowest BCUT2D eigenvalue weighted by Crippen LogP contribution is -2.17. The van der Waals surface area contributed by atoms with E-state index in [0.717, 1.165) is 5.76 Å². The summed E-state index contributed by atoms with van der Waals surface area (Å²) in [5, 5.41) is 3.22. The van der Waals surface area contributed by atoms with Gasteiger partial charge in [0.1, 0.15) is 5.76 Å². The molecule has 1 heterocycles. The summed E-state index contributed by atoms with van der Waals surface area (Å²) in [6.07, 6.45) is 2.27. The molecule has 21 heavy (non-hydrogen) atoms. The molecule has 2 aromatic rings. The third-order valence-electron chi connectivity index (χ3n) is 2.71. The van der Waals surface area contributed by atoms with Gasteiger partial charge in [-0.3, -0.25) is 0 Å². The van der Waals surface area contributed by atoms with Crippen LogP contribution >= 0.6 is 23.2 Å². The van der Waals surface area contributed by atoms with Gasteiger partial charge in [0.15, 0.2) is 5.75 Å². The molecule has 1 N–H and O–H groups in total. The maximum atomic E-state index is 12.2. The third kappa shape index (κ3) is 4.51. The van der Waals surface area contributed by atoms with Crippen molar-refractivity contribution < 1.29 is 17.9 Å². The topological polar surface area (TPSA) is 34.4 Å². The predicted molar refractivity (Wildman–Crippen MR) is 78.6 cm³/mol. The lowest BCUT2D eigenvalue weighted by atomic mass is 10.2. The molecule has 0 amide bonds. The smallest absolute Gasteiger partial charge is 0.387 e. The highest BCUT2D eigenvalue weighted by atomic mass is 35.5. The minimum Gasteiger partial charge on any atom is -0.469 e. The van der Waals surface area contributed by atoms with Crippen LogP contribution in [-0.2, 0) is 6.42 Å². The molecule has 3 nitrogen and oxygen atoms in total. The highest BCUT2D eigenvalue weighted by Gasteiger charge is 2.15. The number of ether oxygens (including phenoxy) is 1. The van der Waals surface area contributed by atoms with Gasteiger partial charge in [-0.05, 0) is 31.2 Å². The van der Waals surface area contributed by atoms with Crippen LogP contribution in [0.2, 0.25) is 10.0 Å². The molecule has 0 saturated heterocycles. The van der Waals surface area contributed by atoms with Gasteiger partial charge in [0.25, 0.3) is 0 Å². The summed E-state index contributed by atoms with van der Waals surface area (Å²) in [4.78, 5) is 0. The molecule has 0 spiro atoms. The number of anilines is 1. The van der Waals surface area contributed by atoms with Crippen LogP contribution in [0.25, 0.3) is 0 Å². The maximum Gasteiger partial charge on any atom is 0.387 e. The lowest BCUT2D eigenvalue weighted by molar-refractivity contribution is -0.0497. The Morgan fingerprint density at radius 2 is 1.95 bits per heavy atom. The summed E-state index contributed by atoms with van der Waals surface area (Å²) in [5.41, 5.74) is 0.616. The maximum absolute atomic E-state index is 12.2. The number of hydrogen-bond donors (Lipinski definition) is 1. The van der Waals surface area contributed by atoms with Crippen molar-refractivity contribution in [2.24, 2.45) is 0 Å². The molecule has 1 unspecified atom stereocenters. The molecule has 1 aromatic carbocycles. The van der Waals surface area contributed by atoms with E-state index in [2.05, 4.69) is 10.1 Å². The number of halogens is 4. The van der Waals surface area contributed by atoms with Crippen LogP contribution in [0.15, 0.2) is 34.9 Å². The van der Waals surface area contributed by atoms with Gasteiger partial charge in [0, 0.05) is 18.2 Å². The highest BCUT2D eigenvalue weighted by Crippen LogP contribution is 2.37. The van der Waals surface area contributed by atoms with Gasteiger partial charge in [-0.2, -0.15) is 8.78 Å². The van der Waals surface area contributed by atoms with E-state index in [-0.39, 0.29) is 21.8 Å². The Bertz CT molecular complexity index is 568. The Hall–Kier alpha value is -1.46. The number of benzene rings is 1. The second kappa shape index (κ2) is 7.00. The van der Waals surface area contributed by atoms with Gasteiger partial charge in [0.05, 0.1) is 16.3 Å². The third-order valence-corrected chi connectivity index (χ3v) is 3.27. The highest BCUT2D eigenvalue weighted by molar-refractivity contribution is 6.37. The summed E-state index contributed by atoms with van der Waals surface area (Å²) in [6, 6.07) is 6.71. The van der Waals surface area contributed by atoms with E-state index >= 15 is 0 Å². The molecule has 0 aliphatic rings. The first-order valence-electron chi connectivity index (χ1n) is 6.18. The van der Waals surface area contributed by atoms with Crippen molar-refractivity contribution in [2.75, 3.05) is 5.32 Å². The second-order valence-electron chi connectivity index (χ2n) is 4.48. The number of nitrogens with one attached hydrogen (secondary N) is 1. The van der Waals surface area contributed by atoms with Crippen LogP contribution in [0.5, 0.6) is 5.75 Å². The van der Waals surface area contributed by atoms with Crippen LogP contribution in [0.4, 0.5) is 14.5 Å².